The molecule has 1 aliphatic rings. The highest BCUT2D eigenvalue weighted by Gasteiger charge is 2.27. The largest absolute Gasteiger partial charge is 0.366 e. The minimum atomic E-state index is -3.74. The number of Topliss-reactive ketones (excluding diaryl/α,β-unsaturated/α-hetero) is 1. The summed E-state index contributed by atoms with van der Waals surface area (Å²) in [6.07, 6.45) is 1.02. The molecule has 1 saturated heterocycles. The molecule has 0 N–H and O–H groups in total. The van der Waals surface area contributed by atoms with Gasteiger partial charge in [0.2, 0.25) is 15.9 Å². The van der Waals surface area contributed by atoms with Crippen LogP contribution in [0.15, 0.2) is 48.5 Å². The third-order valence-electron chi connectivity index (χ3n) is 5.05. The first-order chi connectivity index (χ1) is 14.2. The number of halogens is 1. The zero-order valence-electron chi connectivity index (χ0n) is 16.9. The molecule has 0 radical (unpaired) electrons. The van der Waals surface area contributed by atoms with Gasteiger partial charge in [0.05, 0.1) is 17.6 Å². The Morgan fingerprint density at radius 1 is 1.03 bits per heavy atom. The van der Waals surface area contributed by atoms with Gasteiger partial charge in [-0.05, 0) is 31.2 Å². The summed E-state index contributed by atoms with van der Waals surface area (Å²) in [7, 11) is -3.74. The summed E-state index contributed by atoms with van der Waals surface area (Å²) < 4.78 is 39.6. The van der Waals surface area contributed by atoms with Gasteiger partial charge in [-0.15, -0.1) is 0 Å². The number of sulfonamides is 1. The lowest BCUT2D eigenvalue weighted by Gasteiger charge is -2.37. The van der Waals surface area contributed by atoms with E-state index in [2.05, 4.69) is 0 Å². The smallest absolute Gasteiger partial charge is 0.243 e. The minimum Gasteiger partial charge on any atom is -0.366 e. The second-order valence-corrected chi connectivity index (χ2v) is 9.10. The highest BCUT2D eigenvalue weighted by atomic mass is 32.2. The third kappa shape index (κ3) is 4.96. The van der Waals surface area contributed by atoms with Gasteiger partial charge in [0, 0.05) is 31.7 Å². The van der Waals surface area contributed by atoms with E-state index in [1.807, 2.05) is 4.90 Å². The number of carbonyl (C=O) groups excluding carboxylic acids is 2. The summed E-state index contributed by atoms with van der Waals surface area (Å²) in [6.45, 7) is 2.65. The van der Waals surface area contributed by atoms with Gasteiger partial charge in [0.15, 0.2) is 5.78 Å². The van der Waals surface area contributed by atoms with Gasteiger partial charge in [-0.25, -0.2) is 12.8 Å². The lowest BCUT2D eigenvalue weighted by molar-refractivity contribution is -0.129. The minimum absolute atomic E-state index is 0.194. The predicted octanol–water partition coefficient (Wildman–Crippen LogP) is 2.14. The van der Waals surface area contributed by atoms with Crippen molar-refractivity contribution in [2.24, 2.45) is 0 Å². The molecule has 1 heterocycles. The Morgan fingerprint density at radius 2 is 1.70 bits per heavy atom. The molecule has 1 amide bonds. The number of hydrogen-bond donors (Lipinski definition) is 0. The van der Waals surface area contributed by atoms with Crippen LogP contribution in [0.5, 0.6) is 0 Å². The highest BCUT2D eigenvalue weighted by molar-refractivity contribution is 7.92. The molecule has 1 aliphatic heterocycles. The molecule has 0 saturated carbocycles. The van der Waals surface area contributed by atoms with Crippen LogP contribution in [0.25, 0.3) is 0 Å². The molecule has 3 rings (SSSR count). The standard InChI is InChI=1S/C21H24FN3O4S/c1-16(26)17-6-5-7-18(14-17)25(30(2,28)29)15-21(27)24-12-10-23(11-13-24)20-9-4-3-8-19(20)22/h3-9,14H,10-13,15H2,1-2H3. The molecule has 0 aromatic heterocycles. The quantitative estimate of drug-likeness (QED) is 0.653. The third-order valence-corrected chi connectivity index (χ3v) is 6.19. The molecular weight excluding hydrogens is 409 g/mol. The molecule has 0 unspecified atom stereocenters. The van der Waals surface area contributed by atoms with Crippen LogP contribution in [0.4, 0.5) is 15.8 Å². The Hall–Kier alpha value is -2.94. The van der Waals surface area contributed by atoms with Crippen molar-refractivity contribution in [3.8, 4) is 0 Å². The summed E-state index contributed by atoms with van der Waals surface area (Å²) >= 11 is 0. The van der Waals surface area contributed by atoms with Crippen LogP contribution in [-0.2, 0) is 14.8 Å². The number of para-hydroxylation sites is 1. The second kappa shape index (κ2) is 8.83. The molecule has 30 heavy (non-hydrogen) atoms. The van der Waals surface area contributed by atoms with Crippen molar-refractivity contribution >= 4 is 33.1 Å². The van der Waals surface area contributed by atoms with E-state index in [0.29, 0.717) is 37.4 Å². The Bertz CT molecular complexity index is 1050. The second-order valence-electron chi connectivity index (χ2n) is 7.20. The van der Waals surface area contributed by atoms with Crippen LogP contribution in [0.3, 0.4) is 0 Å². The molecule has 0 bridgehead atoms. The van der Waals surface area contributed by atoms with Gasteiger partial charge in [0.1, 0.15) is 12.4 Å². The number of benzene rings is 2. The molecule has 2 aromatic rings. The molecule has 0 atom stereocenters. The van der Waals surface area contributed by atoms with Gasteiger partial charge in [0.25, 0.3) is 0 Å². The van der Waals surface area contributed by atoms with Crippen molar-refractivity contribution in [2.75, 3.05) is 48.2 Å². The summed E-state index contributed by atoms with van der Waals surface area (Å²) in [5.74, 6) is -0.853. The zero-order valence-corrected chi connectivity index (χ0v) is 17.7. The average molecular weight is 434 g/mol. The lowest BCUT2D eigenvalue weighted by Crippen LogP contribution is -2.52. The maximum atomic E-state index is 14.0. The highest BCUT2D eigenvalue weighted by Crippen LogP contribution is 2.22. The van der Waals surface area contributed by atoms with Crippen molar-refractivity contribution in [1.82, 2.24) is 4.90 Å². The number of amides is 1. The fraction of sp³-hybridized carbons (Fsp3) is 0.333. The van der Waals surface area contributed by atoms with Crippen molar-refractivity contribution in [3.05, 3.63) is 59.9 Å². The predicted molar refractivity (Wildman–Crippen MR) is 114 cm³/mol. The Morgan fingerprint density at radius 3 is 2.30 bits per heavy atom. The number of carbonyl (C=O) groups is 2. The average Bonchev–Trinajstić information content (AvgIpc) is 2.71. The zero-order chi connectivity index (χ0) is 21.9. The number of ketones is 1. The van der Waals surface area contributed by atoms with Crippen LogP contribution in [0, 0.1) is 5.82 Å². The van der Waals surface area contributed by atoms with E-state index in [1.165, 1.54) is 19.1 Å². The molecular formula is C21H24FN3O4S. The van der Waals surface area contributed by atoms with Gasteiger partial charge >= 0.3 is 0 Å². The molecule has 1 fully saturated rings. The van der Waals surface area contributed by atoms with Crippen molar-refractivity contribution in [3.63, 3.8) is 0 Å². The van der Waals surface area contributed by atoms with Crippen LogP contribution >= 0.6 is 0 Å². The summed E-state index contributed by atoms with van der Waals surface area (Å²) in [5, 5.41) is 0. The lowest BCUT2D eigenvalue weighted by atomic mass is 10.1. The van der Waals surface area contributed by atoms with Gasteiger partial charge in [-0.1, -0.05) is 24.3 Å². The van der Waals surface area contributed by atoms with E-state index < -0.39 is 10.0 Å². The van der Waals surface area contributed by atoms with Crippen LogP contribution in [0.2, 0.25) is 0 Å². The number of piperazine rings is 1. The van der Waals surface area contributed by atoms with Crippen molar-refractivity contribution < 1.29 is 22.4 Å². The van der Waals surface area contributed by atoms with Gasteiger partial charge in [-0.3, -0.25) is 13.9 Å². The summed E-state index contributed by atoms with van der Waals surface area (Å²) in [6, 6.07) is 12.7. The van der Waals surface area contributed by atoms with E-state index in [0.717, 1.165) is 10.6 Å². The molecule has 7 nitrogen and oxygen atoms in total. The van der Waals surface area contributed by atoms with Crippen LogP contribution in [0.1, 0.15) is 17.3 Å². The Kier molecular flexibility index (Phi) is 6.40. The Labute approximate surface area is 175 Å². The van der Waals surface area contributed by atoms with E-state index in [4.69, 9.17) is 0 Å². The number of anilines is 2. The molecule has 2 aromatic carbocycles. The number of rotatable bonds is 6. The maximum Gasteiger partial charge on any atom is 0.243 e. The maximum absolute atomic E-state index is 14.0. The number of hydrogen-bond acceptors (Lipinski definition) is 5. The monoisotopic (exact) mass is 433 g/mol. The molecule has 0 aliphatic carbocycles. The molecule has 160 valence electrons. The van der Waals surface area contributed by atoms with Gasteiger partial charge in [-0.2, -0.15) is 0 Å². The van der Waals surface area contributed by atoms with E-state index in [1.54, 1.807) is 41.3 Å². The van der Waals surface area contributed by atoms with E-state index in [9.17, 15) is 22.4 Å². The molecule has 0 spiro atoms. The van der Waals surface area contributed by atoms with Crippen molar-refractivity contribution in [1.29, 1.82) is 0 Å². The fourth-order valence-corrected chi connectivity index (χ4v) is 4.25. The van der Waals surface area contributed by atoms with Crippen LogP contribution < -0.4 is 9.21 Å². The summed E-state index contributed by atoms with van der Waals surface area (Å²) in [4.78, 5) is 27.9. The SMILES string of the molecule is CC(=O)c1cccc(N(CC(=O)N2CCN(c3ccccc3F)CC2)S(C)(=O)=O)c1. The first kappa shape index (κ1) is 21.8. The fourth-order valence-electron chi connectivity index (χ4n) is 3.41. The van der Waals surface area contributed by atoms with E-state index >= 15 is 0 Å². The first-order valence-corrected chi connectivity index (χ1v) is 11.4. The topological polar surface area (TPSA) is 78.0 Å². The van der Waals surface area contributed by atoms with E-state index in [-0.39, 0.29) is 29.7 Å². The van der Waals surface area contributed by atoms with Crippen LogP contribution in [-0.4, -0.2) is 64.0 Å². The van der Waals surface area contributed by atoms with Crippen molar-refractivity contribution in [2.45, 2.75) is 6.92 Å². The first-order valence-electron chi connectivity index (χ1n) is 9.53. The summed E-state index contributed by atoms with van der Waals surface area (Å²) in [5.41, 5.74) is 1.12. The molecule has 9 heteroatoms. The number of nitrogens with zero attached hydrogens (tertiary/aromatic N) is 3. The normalized spacial score (nSPS) is 14.5. The Balaban J connectivity index is 1.71. The van der Waals surface area contributed by atoms with Gasteiger partial charge < -0.3 is 9.80 Å².